The maximum atomic E-state index is 12.2. The molecule has 6 nitrogen and oxygen atoms in total. The number of benzene rings is 2. The highest BCUT2D eigenvalue weighted by Crippen LogP contribution is 2.29. The first kappa shape index (κ1) is 18.8. The fourth-order valence-electron chi connectivity index (χ4n) is 2.71. The smallest absolute Gasteiger partial charge is 0.338 e. The van der Waals surface area contributed by atoms with Gasteiger partial charge in [-0.1, -0.05) is 0 Å². The van der Waals surface area contributed by atoms with Crippen LogP contribution in [-0.2, 0) is 4.74 Å². The standard InChI is InChI=1S/C21H23NO5/c1-14(2)26-18-11-16(21(24)25-3)12-19(13-18)27-17-7-5-15(6-8-17)20(23)22-9-4-10-22/h5-8,11-14H,4,9-10H2,1-3H3. The van der Waals surface area contributed by atoms with Crippen LogP contribution in [0.15, 0.2) is 42.5 Å². The molecule has 1 amide bonds. The third kappa shape index (κ3) is 4.58. The Morgan fingerprint density at radius 3 is 2.15 bits per heavy atom. The fourth-order valence-corrected chi connectivity index (χ4v) is 2.71. The number of likely N-dealkylation sites (tertiary alicyclic amines) is 1. The second kappa shape index (κ2) is 8.12. The molecule has 0 N–H and O–H groups in total. The Morgan fingerprint density at radius 2 is 1.59 bits per heavy atom. The maximum Gasteiger partial charge on any atom is 0.338 e. The van der Waals surface area contributed by atoms with Gasteiger partial charge in [-0.05, 0) is 56.7 Å². The van der Waals surface area contributed by atoms with Gasteiger partial charge in [-0.15, -0.1) is 0 Å². The summed E-state index contributed by atoms with van der Waals surface area (Å²) in [6.45, 7) is 5.44. The van der Waals surface area contributed by atoms with Crippen LogP contribution < -0.4 is 9.47 Å². The lowest BCUT2D eigenvalue weighted by Crippen LogP contribution is -2.41. The number of amides is 1. The van der Waals surface area contributed by atoms with E-state index in [9.17, 15) is 9.59 Å². The van der Waals surface area contributed by atoms with Crippen LogP contribution in [0.25, 0.3) is 0 Å². The van der Waals surface area contributed by atoms with Gasteiger partial charge in [0.1, 0.15) is 17.2 Å². The van der Waals surface area contributed by atoms with E-state index in [1.54, 1.807) is 42.5 Å². The van der Waals surface area contributed by atoms with Crippen LogP contribution in [0.5, 0.6) is 17.2 Å². The number of methoxy groups -OCH3 is 1. The Bertz CT molecular complexity index is 825. The molecule has 1 aliphatic heterocycles. The molecule has 2 aromatic carbocycles. The summed E-state index contributed by atoms with van der Waals surface area (Å²) in [7, 11) is 1.33. The minimum absolute atomic E-state index is 0.0353. The van der Waals surface area contributed by atoms with Crippen molar-refractivity contribution in [2.24, 2.45) is 0 Å². The molecule has 0 spiro atoms. The molecule has 6 heteroatoms. The van der Waals surface area contributed by atoms with E-state index in [1.807, 2.05) is 18.7 Å². The van der Waals surface area contributed by atoms with Crippen molar-refractivity contribution in [1.82, 2.24) is 4.90 Å². The van der Waals surface area contributed by atoms with Crippen molar-refractivity contribution in [2.45, 2.75) is 26.4 Å². The Balaban J connectivity index is 1.79. The van der Waals surface area contributed by atoms with Gasteiger partial charge in [0.15, 0.2) is 0 Å². The predicted molar refractivity (Wildman–Crippen MR) is 101 cm³/mol. The third-order valence-electron chi connectivity index (χ3n) is 4.15. The summed E-state index contributed by atoms with van der Waals surface area (Å²) in [4.78, 5) is 25.9. The van der Waals surface area contributed by atoms with Gasteiger partial charge in [0.2, 0.25) is 0 Å². The average Bonchev–Trinajstić information content (AvgIpc) is 2.59. The van der Waals surface area contributed by atoms with Gasteiger partial charge in [-0.25, -0.2) is 4.79 Å². The molecule has 0 saturated carbocycles. The number of carbonyl (C=O) groups excluding carboxylic acids is 2. The molecule has 0 aromatic heterocycles. The van der Waals surface area contributed by atoms with Crippen molar-refractivity contribution in [1.29, 1.82) is 0 Å². The minimum Gasteiger partial charge on any atom is -0.491 e. The number of ether oxygens (including phenoxy) is 3. The maximum absolute atomic E-state index is 12.2. The molecule has 0 bridgehead atoms. The van der Waals surface area contributed by atoms with E-state index >= 15 is 0 Å². The van der Waals surface area contributed by atoms with Crippen LogP contribution in [0.1, 0.15) is 41.0 Å². The molecule has 142 valence electrons. The van der Waals surface area contributed by atoms with E-state index in [-0.39, 0.29) is 12.0 Å². The predicted octanol–water partition coefficient (Wildman–Crippen LogP) is 3.90. The van der Waals surface area contributed by atoms with E-state index in [2.05, 4.69) is 0 Å². The third-order valence-corrected chi connectivity index (χ3v) is 4.15. The van der Waals surface area contributed by atoms with Crippen molar-refractivity contribution in [3.8, 4) is 17.2 Å². The van der Waals surface area contributed by atoms with Crippen LogP contribution in [-0.4, -0.2) is 43.1 Å². The minimum atomic E-state index is -0.468. The summed E-state index contributed by atoms with van der Waals surface area (Å²) >= 11 is 0. The zero-order valence-electron chi connectivity index (χ0n) is 15.7. The van der Waals surface area contributed by atoms with Crippen molar-refractivity contribution in [3.05, 3.63) is 53.6 Å². The lowest BCUT2D eigenvalue weighted by Gasteiger charge is -2.30. The molecule has 27 heavy (non-hydrogen) atoms. The highest BCUT2D eigenvalue weighted by Gasteiger charge is 2.21. The van der Waals surface area contributed by atoms with Gasteiger partial charge >= 0.3 is 5.97 Å². The lowest BCUT2D eigenvalue weighted by molar-refractivity contribution is 0.0598. The number of hydrogen-bond acceptors (Lipinski definition) is 5. The Kier molecular flexibility index (Phi) is 5.64. The van der Waals surface area contributed by atoms with Gasteiger partial charge in [-0.2, -0.15) is 0 Å². The van der Waals surface area contributed by atoms with Crippen molar-refractivity contribution < 1.29 is 23.8 Å². The number of esters is 1. The first-order valence-corrected chi connectivity index (χ1v) is 8.93. The number of carbonyl (C=O) groups is 2. The summed E-state index contributed by atoms with van der Waals surface area (Å²) in [5.74, 6) is 1.10. The fraction of sp³-hybridized carbons (Fsp3) is 0.333. The highest BCUT2D eigenvalue weighted by atomic mass is 16.5. The second-order valence-electron chi connectivity index (χ2n) is 6.62. The van der Waals surface area contributed by atoms with Crippen molar-refractivity contribution >= 4 is 11.9 Å². The second-order valence-corrected chi connectivity index (χ2v) is 6.62. The molecule has 0 unspecified atom stereocenters. The van der Waals surface area contributed by atoms with E-state index < -0.39 is 5.97 Å². The zero-order valence-corrected chi connectivity index (χ0v) is 15.7. The molecule has 1 fully saturated rings. The Labute approximate surface area is 158 Å². The van der Waals surface area contributed by atoms with Crippen molar-refractivity contribution in [3.63, 3.8) is 0 Å². The van der Waals surface area contributed by atoms with Crippen LogP contribution in [0.4, 0.5) is 0 Å². The molecule has 0 aliphatic carbocycles. The first-order valence-electron chi connectivity index (χ1n) is 8.93. The summed E-state index contributed by atoms with van der Waals surface area (Å²) in [5, 5.41) is 0. The van der Waals surface area contributed by atoms with E-state index in [4.69, 9.17) is 14.2 Å². The Hall–Kier alpha value is -3.02. The number of hydrogen-bond donors (Lipinski definition) is 0. The van der Waals surface area contributed by atoms with Crippen LogP contribution in [0.2, 0.25) is 0 Å². The van der Waals surface area contributed by atoms with Gasteiger partial charge in [0.25, 0.3) is 5.91 Å². The zero-order chi connectivity index (χ0) is 19.4. The van der Waals surface area contributed by atoms with Gasteiger partial charge < -0.3 is 19.1 Å². The molecule has 1 aliphatic rings. The van der Waals surface area contributed by atoms with Gasteiger partial charge in [0, 0.05) is 24.7 Å². The first-order chi connectivity index (χ1) is 13.0. The molecule has 0 atom stereocenters. The Morgan fingerprint density at radius 1 is 0.926 bits per heavy atom. The average molecular weight is 369 g/mol. The van der Waals surface area contributed by atoms with Crippen LogP contribution in [0.3, 0.4) is 0 Å². The topological polar surface area (TPSA) is 65.1 Å². The molecular formula is C21H23NO5. The summed E-state index contributed by atoms with van der Waals surface area (Å²) in [6.07, 6.45) is 1.02. The molecule has 0 radical (unpaired) electrons. The number of rotatable bonds is 6. The summed E-state index contributed by atoms with van der Waals surface area (Å²) in [6, 6.07) is 11.9. The van der Waals surface area contributed by atoms with Gasteiger partial charge in [0.05, 0.1) is 18.8 Å². The summed E-state index contributed by atoms with van der Waals surface area (Å²) < 4.78 is 16.3. The van der Waals surface area contributed by atoms with Crippen LogP contribution in [0, 0.1) is 0 Å². The van der Waals surface area contributed by atoms with Crippen molar-refractivity contribution in [2.75, 3.05) is 20.2 Å². The molecule has 1 saturated heterocycles. The van der Waals surface area contributed by atoms with E-state index in [0.29, 0.717) is 28.4 Å². The largest absolute Gasteiger partial charge is 0.491 e. The monoisotopic (exact) mass is 369 g/mol. The normalized spacial score (nSPS) is 13.1. The lowest BCUT2D eigenvalue weighted by atomic mass is 10.1. The van der Waals surface area contributed by atoms with Crippen LogP contribution >= 0.6 is 0 Å². The van der Waals surface area contributed by atoms with Gasteiger partial charge in [-0.3, -0.25) is 4.79 Å². The highest BCUT2D eigenvalue weighted by molar-refractivity contribution is 5.94. The summed E-state index contributed by atoms with van der Waals surface area (Å²) in [5.41, 5.74) is 0.976. The molecule has 3 rings (SSSR count). The molecule has 2 aromatic rings. The SMILES string of the molecule is COC(=O)c1cc(Oc2ccc(C(=O)N3CCC3)cc2)cc(OC(C)C)c1. The number of nitrogens with zero attached hydrogens (tertiary/aromatic N) is 1. The molecule has 1 heterocycles. The van der Waals surface area contributed by atoms with E-state index in [0.717, 1.165) is 19.5 Å². The quantitative estimate of drug-likeness (QED) is 0.723. The molecular weight excluding hydrogens is 346 g/mol. The van der Waals surface area contributed by atoms with E-state index in [1.165, 1.54) is 7.11 Å².